The summed E-state index contributed by atoms with van der Waals surface area (Å²) in [5.41, 5.74) is 7.68. The Hall–Kier alpha value is -2.40. The number of nitrogens with zero attached hydrogens (tertiary/aromatic N) is 1. The van der Waals surface area contributed by atoms with Gasteiger partial charge in [0.05, 0.1) is 37.2 Å². The molecule has 0 aliphatic rings. The molecule has 162 valence electrons. The van der Waals surface area contributed by atoms with Crippen LogP contribution in [0, 0.1) is 5.92 Å². The van der Waals surface area contributed by atoms with Gasteiger partial charge in [-0.3, -0.25) is 4.79 Å². The van der Waals surface area contributed by atoms with Crippen LogP contribution in [0.3, 0.4) is 0 Å². The summed E-state index contributed by atoms with van der Waals surface area (Å²) in [4.78, 5) is 33.7. The van der Waals surface area contributed by atoms with Gasteiger partial charge in [0.1, 0.15) is 26.0 Å². The molecule has 1 atom stereocenters. The topological polar surface area (TPSA) is 127 Å². The molecule has 0 bridgehead atoms. The molecule has 0 saturated carbocycles. The second-order valence-corrected chi connectivity index (χ2v) is 6.60. The van der Waals surface area contributed by atoms with E-state index in [1.165, 1.54) is 0 Å². The van der Waals surface area contributed by atoms with Crippen LogP contribution in [0.15, 0.2) is 22.8 Å². The number of furan rings is 1. The average Bonchev–Trinajstić information content (AvgIpc) is 3.27. The molecule has 0 radical (unpaired) electrons. The van der Waals surface area contributed by atoms with Crippen molar-refractivity contribution in [2.24, 2.45) is 11.7 Å². The third-order valence-electron chi connectivity index (χ3n) is 4.13. The molecule has 10 nitrogen and oxygen atoms in total. The van der Waals surface area contributed by atoms with E-state index >= 15 is 0 Å². The second-order valence-electron chi connectivity index (χ2n) is 6.60. The minimum atomic E-state index is -0.747. The quantitative estimate of drug-likeness (QED) is 0.219. The maximum absolute atomic E-state index is 12.2. The van der Waals surface area contributed by atoms with Gasteiger partial charge in [0.2, 0.25) is 5.91 Å². The highest BCUT2D eigenvalue weighted by atomic mass is 17.2. The van der Waals surface area contributed by atoms with E-state index in [2.05, 4.69) is 5.32 Å². The fraction of sp³-hybridized carbons (Fsp3) is 0.579. The maximum atomic E-state index is 12.2. The van der Waals surface area contributed by atoms with Gasteiger partial charge in [0, 0.05) is 12.1 Å². The third-order valence-corrected chi connectivity index (χ3v) is 4.13. The van der Waals surface area contributed by atoms with E-state index in [1.807, 2.05) is 37.5 Å². The first-order chi connectivity index (χ1) is 14.0. The molecule has 0 aliphatic carbocycles. The molecule has 0 fully saturated rings. The Labute approximate surface area is 169 Å². The molecule has 1 amide bonds. The number of amides is 1. The lowest BCUT2D eigenvalue weighted by atomic mass is 10.0. The van der Waals surface area contributed by atoms with Gasteiger partial charge in [-0.05, 0) is 12.8 Å². The summed E-state index contributed by atoms with van der Waals surface area (Å²) < 4.78 is 18.2. The van der Waals surface area contributed by atoms with Crippen LogP contribution in [0.2, 0.25) is 0 Å². The van der Waals surface area contributed by atoms with Gasteiger partial charge in [-0.25, -0.2) is 14.6 Å². The molecule has 0 saturated heterocycles. The summed E-state index contributed by atoms with van der Waals surface area (Å²) in [5.74, 6) is -1.05. The fourth-order valence-electron chi connectivity index (χ4n) is 2.66. The molecule has 2 rings (SSSR count). The van der Waals surface area contributed by atoms with Crippen LogP contribution in [0.5, 0.6) is 0 Å². The fourth-order valence-corrected chi connectivity index (χ4v) is 2.66. The molecule has 2 aromatic rings. The van der Waals surface area contributed by atoms with Crippen LogP contribution in [-0.2, 0) is 42.2 Å². The molecular weight excluding hydrogens is 382 g/mol. The molecule has 2 heterocycles. The van der Waals surface area contributed by atoms with Gasteiger partial charge >= 0.3 is 5.97 Å². The molecule has 2 aromatic heterocycles. The van der Waals surface area contributed by atoms with Gasteiger partial charge in [-0.2, -0.15) is 0 Å². The molecule has 3 N–H and O–H groups in total. The monoisotopic (exact) mass is 411 g/mol. The van der Waals surface area contributed by atoms with Crippen molar-refractivity contribution >= 4 is 23.0 Å². The van der Waals surface area contributed by atoms with Crippen molar-refractivity contribution in [2.45, 2.75) is 40.2 Å². The molecule has 29 heavy (non-hydrogen) atoms. The van der Waals surface area contributed by atoms with Crippen molar-refractivity contribution in [3.05, 3.63) is 24.1 Å². The van der Waals surface area contributed by atoms with Crippen LogP contribution in [-0.4, -0.2) is 48.9 Å². The Morgan fingerprint density at radius 2 is 2.07 bits per heavy atom. The zero-order chi connectivity index (χ0) is 21.2. The van der Waals surface area contributed by atoms with Gasteiger partial charge in [-0.15, -0.1) is 0 Å². The maximum Gasteiger partial charge on any atom is 0.328 e. The number of carbonyl (C=O) groups excluding carboxylic acids is 2. The van der Waals surface area contributed by atoms with E-state index in [-0.39, 0.29) is 39.0 Å². The van der Waals surface area contributed by atoms with E-state index in [9.17, 15) is 9.59 Å². The highest BCUT2D eigenvalue weighted by Crippen LogP contribution is 2.22. The van der Waals surface area contributed by atoms with E-state index in [4.69, 9.17) is 29.4 Å². The molecule has 0 aliphatic heterocycles. The SMILES string of the molecule is CCOOCc1cc2occc2n1COCCOC(=O)C(NC(=O)CN)C(C)C. The number of ether oxygens (including phenoxy) is 2. The lowest BCUT2D eigenvalue weighted by Crippen LogP contribution is -2.47. The van der Waals surface area contributed by atoms with Crippen LogP contribution in [0.25, 0.3) is 11.1 Å². The van der Waals surface area contributed by atoms with E-state index in [1.54, 1.807) is 6.26 Å². The van der Waals surface area contributed by atoms with Gasteiger partial charge < -0.3 is 29.5 Å². The third kappa shape index (κ3) is 6.57. The lowest BCUT2D eigenvalue weighted by molar-refractivity contribution is -0.301. The van der Waals surface area contributed by atoms with Crippen LogP contribution in [0.4, 0.5) is 0 Å². The largest absolute Gasteiger partial charge is 0.463 e. The second kappa shape index (κ2) is 11.6. The van der Waals surface area contributed by atoms with Crippen molar-refractivity contribution < 1.29 is 33.3 Å². The molecule has 0 spiro atoms. The van der Waals surface area contributed by atoms with Crippen molar-refractivity contribution in [1.82, 2.24) is 9.88 Å². The normalized spacial score (nSPS) is 12.4. The average molecular weight is 411 g/mol. The predicted molar refractivity (Wildman–Crippen MR) is 103 cm³/mol. The van der Waals surface area contributed by atoms with Crippen LogP contribution >= 0.6 is 0 Å². The number of aromatic nitrogens is 1. The smallest absolute Gasteiger partial charge is 0.328 e. The van der Waals surface area contributed by atoms with E-state index < -0.39 is 17.9 Å². The van der Waals surface area contributed by atoms with Gasteiger partial charge in [-0.1, -0.05) is 13.8 Å². The minimum absolute atomic E-state index is 0.0567. The Kier molecular flexibility index (Phi) is 9.13. The highest BCUT2D eigenvalue weighted by Gasteiger charge is 2.25. The zero-order valence-corrected chi connectivity index (χ0v) is 17.0. The number of fused-ring (bicyclic) bond motifs is 1. The number of carbonyl (C=O) groups is 2. The van der Waals surface area contributed by atoms with Gasteiger partial charge in [0.15, 0.2) is 5.58 Å². The summed E-state index contributed by atoms with van der Waals surface area (Å²) in [6.45, 7) is 6.43. The number of nitrogens with one attached hydrogen (secondary N) is 1. The molecule has 1 unspecified atom stereocenters. The molecule has 10 heteroatoms. The van der Waals surface area contributed by atoms with E-state index in [0.717, 1.165) is 11.2 Å². The van der Waals surface area contributed by atoms with E-state index in [0.29, 0.717) is 12.2 Å². The zero-order valence-electron chi connectivity index (χ0n) is 17.0. The predicted octanol–water partition coefficient (Wildman–Crippen LogP) is 1.32. The number of hydrogen-bond donors (Lipinski definition) is 2. The first-order valence-corrected chi connectivity index (χ1v) is 9.51. The molecular formula is C19H29N3O7. The summed E-state index contributed by atoms with van der Waals surface area (Å²) in [6.07, 6.45) is 1.60. The summed E-state index contributed by atoms with van der Waals surface area (Å²) in [7, 11) is 0. The van der Waals surface area contributed by atoms with Crippen LogP contribution < -0.4 is 11.1 Å². The number of hydrogen-bond acceptors (Lipinski definition) is 8. The Morgan fingerprint density at radius 1 is 1.28 bits per heavy atom. The van der Waals surface area contributed by atoms with Crippen molar-refractivity contribution in [3.8, 4) is 0 Å². The van der Waals surface area contributed by atoms with Crippen LogP contribution in [0.1, 0.15) is 26.5 Å². The minimum Gasteiger partial charge on any atom is -0.463 e. The number of esters is 1. The standard InChI is InChI=1S/C19H29N3O7/c1-4-28-29-11-14-9-16-15(5-6-26-16)22(14)12-25-7-8-27-19(24)18(13(2)3)21-17(23)10-20/h5-6,9,13,18H,4,7-8,10-12,20H2,1-3H3,(H,21,23). The summed E-state index contributed by atoms with van der Waals surface area (Å²) in [5, 5.41) is 2.56. The summed E-state index contributed by atoms with van der Waals surface area (Å²) in [6, 6.07) is 2.94. The Balaban J connectivity index is 1.82. The van der Waals surface area contributed by atoms with Crippen molar-refractivity contribution in [2.75, 3.05) is 26.4 Å². The van der Waals surface area contributed by atoms with Crippen molar-refractivity contribution in [1.29, 1.82) is 0 Å². The van der Waals surface area contributed by atoms with Gasteiger partial charge in [0.25, 0.3) is 0 Å². The highest BCUT2D eigenvalue weighted by molar-refractivity contribution is 5.85. The molecule has 0 aromatic carbocycles. The Bertz CT molecular complexity index is 784. The Morgan fingerprint density at radius 3 is 2.76 bits per heavy atom. The number of nitrogens with two attached hydrogens (primary N) is 1. The summed E-state index contributed by atoms with van der Waals surface area (Å²) >= 11 is 0. The lowest BCUT2D eigenvalue weighted by Gasteiger charge is -2.20. The van der Waals surface area contributed by atoms with Crippen molar-refractivity contribution in [3.63, 3.8) is 0 Å². The first-order valence-electron chi connectivity index (χ1n) is 9.51. The number of rotatable bonds is 13. The first kappa shape index (κ1) is 22.9.